The molecule has 0 saturated carbocycles. The van der Waals surface area contributed by atoms with E-state index < -0.39 is 18.1 Å². The van der Waals surface area contributed by atoms with Gasteiger partial charge in [0.05, 0.1) is 5.92 Å². The van der Waals surface area contributed by atoms with Gasteiger partial charge in [0.2, 0.25) is 0 Å². The van der Waals surface area contributed by atoms with E-state index in [4.69, 9.17) is 9.84 Å². The maximum absolute atomic E-state index is 12.6. The Morgan fingerprint density at radius 2 is 1.88 bits per heavy atom. The first-order chi connectivity index (χ1) is 11.3. The van der Waals surface area contributed by atoms with Gasteiger partial charge in [0.15, 0.2) is 0 Å². The standard InChI is InChI=1S/C17H20F3NO3/c18-17(19,20)14-7-9-21(10-8-14)11-12-24-15-4-1-13(2-5-15)3-6-16(22)23/h1-6,14H,7-12H2,(H,22,23). The number of aliphatic carboxylic acids is 1. The van der Waals surface area contributed by atoms with E-state index in [-0.39, 0.29) is 12.8 Å². The number of carboxylic acid groups (broad SMARTS) is 1. The first kappa shape index (κ1) is 18.3. The van der Waals surface area contributed by atoms with Crippen LogP contribution in [0.2, 0.25) is 0 Å². The van der Waals surface area contributed by atoms with Crippen molar-refractivity contribution in [2.45, 2.75) is 19.0 Å². The molecule has 1 aromatic carbocycles. The molecule has 1 aliphatic heterocycles. The fourth-order valence-electron chi connectivity index (χ4n) is 2.62. The summed E-state index contributed by atoms with van der Waals surface area (Å²) in [7, 11) is 0. The fourth-order valence-corrected chi connectivity index (χ4v) is 2.62. The third-order valence-electron chi connectivity index (χ3n) is 4.03. The van der Waals surface area contributed by atoms with E-state index in [1.807, 2.05) is 4.90 Å². The summed E-state index contributed by atoms with van der Waals surface area (Å²) in [6.07, 6.45) is -1.25. The number of alkyl halides is 3. The topological polar surface area (TPSA) is 49.8 Å². The largest absolute Gasteiger partial charge is 0.492 e. The molecule has 1 aromatic rings. The molecule has 0 bridgehead atoms. The molecule has 0 unspecified atom stereocenters. The number of halogens is 3. The summed E-state index contributed by atoms with van der Waals surface area (Å²) < 4.78 is 43.4. The van der Waals surface area contributed by atoms with Gasteiger partial charge in [-0.25, -0.2) is 4.79 Å². The number of likely N-dealkylation sites (tertiary alicyclic amines) is 1. The minimum atomic E-state index is -4.08. The Kier molecular flexibility index (Phi) is 6.25. The molecule has 7 heteroatoms. The zero-order chi connectivity index (χ0) is 17.6. The van der Waals surface area contributed by atoms with Crippen LogP contribution in [0.1, 0.15) is 18.4 Å². The Hall–Kier alpha value is -2.02. The highest BCUT2D eigenvalue weighted by Gasteiger charge is 2.40. The predicted molar refractivity (Wildman–Crippen MR) is 83.8 cm³/mol. The number of hydrogen-bond acceptors (Lipinski definition) is 3. The summed E-state index contributed by atoms with van der Waals surface area (Å²) in [6, 6.07) is 6.95. The molecular weight excluding hydrogens is 323 g/mol. The average molecular weight is 343 g/mol. The molecule has 0 radical (unpaired) electrons. The first-order valence-electron chi connectivity index (χ1n) is 7.77. The van der Waals surface area contributed by atoms with Crippen molar-refractivity contribution in [2.75, 3.05) is 26.2 Å². The molecule has 2 rings (SSSR count). The number of rotatable bonds is 6. The van der Waals surface area contributed by atoms with Gasteiger partial charge in [0.1, 0.15) is 12.4 Å². The lowest BCUT2D eigenvalue weighted by Crippen LogP contribution is -2.40. The molecule has 0 spiro atoms. The van der Waals surface area contributed by atoms with E-state index in [9.17, 15) is 18.0 Å². The zero-order valence-electron chi connectivity index (χ0n) is 13.1. The van der Waals surface area contributed by atoms with Crippen LogP contribution in [0.25, 0.3) is 6.08 Å². The molecule has 1 heterocycles. The summed E-state index contributed by atoms with van der Waals surface area (Å²) in [5.41, 5.74) is 0.749. The van der Waals surface area contributed by atoms with Gasteiger partial charge in [0, 0.05) is 12.6 Å². The van der Waals surface area contributed by atoms with E-state index in [2.05, 4.69) is 0 Å². The number of nitrogens with zero attached hydrogens (tertiary/aromatic N) is 1. The Bertz CT molecular complexity index is 561. The quantitative estimate of drug-likeness (QED) is 0.804. The lowest BCUT2D eigenvalue weighted by atomic mass is 9.96. The van der Waals surface area contributed by atoms with E-state index in [1.54, 1.807) is 24.3 Å². The second kappa shape index (κ2) is 8.19. The Morgan fingerprint density at radius 3 is 2.42 bits per heavy atom. The Labute approximate surface area is 138 Å². The second-order valence-corrected chi connectivity index (χ2v) is 5.75. The van der Waals surface area contributed by atoms with Crippen molar-refractivity contribution >= 4 is 12.0 Å². The van der Waals surface area contributed by atoms with Crippen molar-refractivity contribution in [1.82, 2.24) is 4.90 Å². The van der Waals surface area contributed by atoms with Crippen LogP contribution >= 0.6 is 0 Å². The maximum atomic E-state index is 12.6. The van der Waals surface area contributed by atoms with Crippen LogP contribution < -0.4 is 4.74 Å². The molecule has 4 nitrogen and oxygen atoms in total. The molecule has 0 aliphatic carbocycles. The highest BCUT2D eigenvalue weighted by Crippen LogP contribution is 2.33. The van der Waals surface area contributed by atoms with Gasteiger partial charge in [-0.1, -0.05) is 12.1 Å². The van der Waals surface area contributed by atoms with Crippen molar-refractivity contribution < 1.29 is 27.8 Å². The van der Waals surface area contributed by atoms with Gasteiger partial charge >= 0.3 is 12.1 Å². The summed E-state index contributed by atoms with van der Waals surface area (Å²) in [5, 5.41) is 8.55. The van der Waals surface area contributed by atoms with Gasteiger partial charge in [0.25, 0.3) is 0 Å². The third-order valence-corrected chi connectivity index (χ3v) is 4.03. The van der Waals surface area contributed by atoms with Crippen molar-refractivity contribution in [2.24, 2.45) is 5.92 Å². The van der Waals surface area contributed by atoms with Crippen molar-refractivity contribution in [3.05, 3.63) is 35.9 Å². The summed E-state index contributed by atoms with van der Waals surface area (Å²) in [5.74, 6) is -1.54. The minimum absolute atomic E-state index is 0.147. The lowest BCUT2D eigenvalue weighted by Gasteiger charge is -2.32. The molecule has 132 valence electrons. The predicted octanol–water partition coefficient (Wildman–Crippen LogP) is 3.44. The molecule has 0 amide bonds. The highest BCUT2D eigenvalue weighted by atomic mass is 19.4. The fraction of sp³-hybridized carbons (Fsp3) is 0.471. The van der Waals surface area contributed by atoms with Gasteiger partial charge < -0.3 is 9.84 Å². The molecule has 24 heavy (non-hydrogen) atoms. The molecule has 1 N–H and O–H groups in total. The van der Waals surface area contributed by atoms with Gasteiger partial charge in [-0.05, 0) is 49.7 Å². The zero-order valence-corrected chi connectivity index (χ0v) is 13.1. The molecule has 0 aromatic heterocycles. The molecule has 1 saturated heterocycles. The Balaban J connectivity index is 1.70. The van der Waals surface area contributed by atoms with Crippen molar-refractivity contribution in [1.29, 1.82) is 0 Å². The van der Waals surface area contributed by atoms with Crippen LogP contribution in [-0.4, -0.2) is 48.4 Å². The van der Waals surface area contributed by atoms with Crippen LogP contribution in [0, 0.1) is 5.92 Å². The summed E-state index contributed by atoms with van der Waals surface area (Å²) >= 11 is 0. The first-order valence-corrected chi connectivity index (χ1v) is 7.77. The number of carbonyl (C=O) groups is 1. The van der Waals surface area contributed by atoms with E-state index in [1.165, 1.54) is 6.08 Å². The summed E-state index contributed by atoms with van der Waals surface area (Å²) in [4.78, 5) is 12.4. The highest BCUT2D eigenvalue weighted by molar-refractivity contribution is 5.85. The smallest absolute Gasteiger partial charge is 0.391 e. The number of piperidine rings is 1. The van der Waals surface area contributed by atoms with Crippen LogP contribution in [-0.2, 0) is 4.79 Å². The van der Waals surface area contributed by atoms with Gasteiger partial charge in [-0.3, -0.25) is 4.90 Å². The van der Waals surface area contributed by atoms with Crippen molar-refractivity contribution in [3.8, 4) is 5.75 Å². The van der Waals surface area contributed by atoms with Crippen LogP contribution in [0.4, 0.5) is 13.2 Å². The second-order valence-electron chi connectivity index (χ2n) is 5.75. The van der Waals surface area contributed by atoms with Crippen LogP contribution in [0.15, 0.2) is 30.3 Å². The molecule has 0 atom stereocenters. The molecule has 1 fully saturated rings. The van der Waals surface area contributed by atoms with Crippen molar-refractivity contribution in [3.63, 3.8) is 0 Å². The van der Waals surface area contributed by atoms with Gasteiger partial charge in [-0.2, -0.15) is 13.2 Å². The number of benzene rings is 1. The van der Waals surface area contributed by atoms with Crippen LogP contribution in [0.3, 0.4) is 0 Å². The van der Waals surface area contributed by atoms with Gasteiger partial charge in [-0.15, -0.1) is 0 Å². The minimum Gasteiger partial charge on any atom is -0.492 e. The van der Waals surface area contributed by atoms with E-state index >= 15 is 0 Å². The number of hydrogen-bond donors (Lipinski definition) is 1. The maximum Gasteiger partial charge on any atom is 0.391 e. The van der Waals surface area contributed by atoms with Crippen LogP contribution in [0.5, 0.6) is 5.75 Å². The number of ether oxygens (including phenoxy) is 1. The average Bonchev–Trinajstić information content (AvgIpc) is 2.54. The SMILES string of the molecule is O=C(O)C=Cc1ccc(OCCN2CCC(C(F)(F)F)CC2)cc1. The Morgan fingerprint density at radius 1 is 1.25 bits per heavy atom. The lowest BCUT2D eigenvalue weighted by molar-refractivity contribution is -0.185. The normalized spacial score (nSPS) is 17.3. The third kappa shape index (κ3) is 5.88. The monoisotopic (exact) mass is 343 g/mol. The molecule has 1 aliphatic rings. The molecular formula is C17H20F3NO3. The number of carboxylic acids is 1. The summed E-state index contributed by atoms with van der Waals surface area (Å²) in [6.45, 7) is 1.87. The van der Waals surface area contributed by atoms with E-state index in [0.717, 1.165) is 11.6 Å². The van der Waals surface area contributed by atoms with E-state index in [0.29, 0.717) is 32.0 Å².